The third-order valence-corrected chi connectivity index (χ3v) is 2.75. The van der Waals surface area contributed by atoms with E-state index in [1.807, 2.05) is 30.3 Å². The summed E-state index contributed by atoms with van der Waals surface area (Å²) in [6.07, 6.45) is 2.36. The van der Waals surface area contributed by atoms with Crippen molar-refractivity contribution in [2.75, 3.05) is 0 Å². The zero-order chi connectivity index (χ0) is 9.54. The molecular weight excluding hydrogens is 175 g/mol. The molecule has 0 nitrogen and oxygen atoms in total. The number of halogens is 1. The Morgan fingerprint density at radius 2 is 1.79 bits per heavy atom. The fourth-order valence-electron chi connectivity index (χ4n) is 2.10. The summed E-state index contributed by atoms with van der Waals surface area (Å²) in [5.74, 6) is -0.0886. The molecule has 1 heteroatoms. The first kappa shape index (κ1) is 7.74. The second-order valence-electron chi connectivity index (χ2n) is 3.58. The molecule has 0 aromatic heterocycles. The van der Waals surface area contributed by atoms with Crippen LogP contribution in [0, 0.1) is 0 Å². The van der Waals surface area contributed by atoms with Crippen LogP contribution in [0.4, 0.5) is 4.39 Å². The van der Waals surface area contributed by atoms with Crippen molar-refractivity contribution in [1.29, 1.82) is 0 Å². The highest BCUT2D eigenvalue weighted by molar-refractivity contribution is 5.96. The lowest BCUT2D eigenvalue weighted by Crippen LogP contribution is -1.94. The van der Waals surface area contributed by atoms with Crippen molar-refractivity contribution in [3.63, 3.8) is 0 Å². The second-order valence-corrected chi connectivity index (χ2v) is 3.58. The fourth-order valence-corrected chi connectivity index (χ4v) is 2.10. The topological polar surface area (TPSA) is 0 Å². The molecule has 0 amide bonds. The molecule has 0 saturated heterocycles. The number of rotatable bonds is 0. The largest absolute Gasteiger partial charge is 0.207 e. The van der Waals surface area contributed by atoms with Crippen LogP contribution in [0.5, 0.6) is 0 Å². The van der Waals surface area contributed by atoms with E-state index in [0.29, 0.717) is 6.42 Å². The first-order valence-electron chi connectivity index (χ1n) is 4.73. The summed E-state index contributed by atoms with van der Waals surface area (Å²) in [6, 6.07) is 11.9. The van der Waals surface area contributed by atoms with Crippen LogP contribution < -0.4 is 0 Å². The molecule has 1 aliphatic carbocycles. The molecule has 14 heavy (non-hydrogen) atoms. The minimum atomic E-state index is -0.0886. The summed E-state index contributed by atoms with van der Waals surface area (Å²) in [5.41, 5.74) is 1.96. The third-order valence-electron chi connectivity index (χ3n) is 2.75. The zero-order valence-electron chi connectivity index (χ0n) is 7.63. The second kappa shape index (κ2) is 2.68. The molecule has 1 aliphatic rings. The van der Waals surface area contributed by atoms with E-state index < -0.39 is 0 Å². The highest BCUT2D eigenvalue weighted by atomic mass is 19.1. The quantitative estimate of drug-likeness (QED) is 0.585. The highest BCUT2D eigenvalue weighted by Gasteiger charge is 2.13. The van der Waals surface area contributed by atoms with Crippen molar-refractivity contribution in [3.8, 4) is 0 Å². The summed E-state index contributed by atoms with van der Waals surface area (Å²) in [5, 5.41) is 2.21. The van der Waals surface area contributed by atoms with Gasteiger partial charge in [0.1, 0.15) is 5.83 Å². The molecule has 0 bridgehead atoms. The van der Waals surface area contributed by atoms with Gasteiger partial charge in [-0.1, -0.05) is 36.4 Å². The average Bonchev–Trinajstić information content (AvgIpc) is 2.24. The van der Waals surface area contributed by atoms with Crippen molar-refractivity contribution in [3.05, 3.63) is 53.6 Å². The van der Waals surface area contributed by atoms with E-state index in [0.717, 1.165) is 16.3 Å². The molecule has 0 unspecified atom stereocenters. The van der Waals surface area contributed by atoms with Gasteiger partial charge in [-0.25, -0.2) is 4.39 Å². The Morgan fingerprint density at radius 3 is 2.64 bits per heavy atom. The Hall–Kier alpha value is -1.63. The maximum absolute atomic E-state index is 13.5. The van der Waals surface area contributed by atoms with Gasteiger partial charge in [-0.05, 0) is 28.8 Å². The molecular formula is C13H9F. The lowest BCUT2D eigenvalue weighted by atomic mass is 9.93. The van der Waals surface area contributed by atoms with Gasteiger partial charge in [0.25, 0.3) is 0 Å². The minimum absolute atomic E-state index is 0.0886. The maximum Gasteiger partial charge on any atom is 0.127 e. The van der Waals surface area contributed by atoms with Crippen LogP contribution >= 0.6 is 0 Å². The van der Waals surface area contributed by atoms with Gasteiger partial charge in [0.2, 0.25) is 0 Å². The zero-order valence-corrected chi connectivity index (χ0v) is 7.63. The molecule has 0 heterocycles. The lowest BCUT2D eigenvalue weighted by Gasteiger charge is -2.13. The Morgan fingerprint density at radius 1 is 1.00 bits per heavy atom. The molecule has 0 aliphatic heterocycles. The van der Waals surface area contributed by atoms with Crippen molar-refractivity contribution < 1.29 is 4.39 Å². The molecule has 0 spiro atoms. The van der Waals surface area contributed by atoms with Crippen LogP contribution in [-0.2, 0) is 6.42 Å². The predicted octanol–water partition coefficient (Wildman–Crippen LogP) is 3.71. The summed E-state index contributed by atoms with van der Waals surface area (Å²) in [4.78, 5) is 0. The van der Waals surface area contributed by atoms with Gasteiger partial charge in [0, 0.05) is 5.56 Å². The Balaban J connectivity index is 2.52. The number of benzene rings is 2. The van der Waals surface area contributed by atoms with Gasteiger partial charge in [-0.15, -0.1) is 0 Å². The summed E-state index contributed by atoms with van der Waals surface area (Å²) in [7, 11) is 0. The van der Waals surface area contributed by atoms with Crippen LogP contribution in [0.1, 0.15) is 11.1 Å². The van der Waals surface area contributed by atoms with Crippen LogP contribution in [0.3, 0.4) is 0 Å². The molecule has 0 fully saturated rings. The highest BCUT2D eigenvalue weighted by Crippen LogP contribution is 2.33. The van der Waals surface area contributed by atoms with E-state index in [9.17, 15) is 4.39 Å². The predicted molar refractivity (Wildman–Crippen MR) is 56.7 cm³/mol. The van der Waals surface area contributed by atoms with E-state index in [1.54, 1.807) is 6.08 Å². The smallest absolute Gasteiger partial charge is 0.127 e. The molecule has 2 aromatic carbocycles. The first-order valence-corrected chi connectivity index (χ1v) is 4.73. The molecule has 68 valence electrons. The van der Waals surface area contributed by atoms with E-state index in [2.05, 4.69) is 6.07 Å². The van der Waals surface area contributed by atoms with Crippen molar-refractivity contribution >= 4 is 16.6 Å². The van der Waals surface area contributed by atoms with Gasteiger partial charge in [-0.2, -0.15) is 0 Å². The van der Waals surface area contributed by atoms with Crippen LogP contribution in [-0.4, -0.2) is 0 Å². The third kappa shape index (κ3) is 0.925. The van der Waals surface area contributed by atoms with Crippen LogP contribution in [0.15, 0.2) is 42.5 Å². The fraction of sp³-hybridized carbons (Fsp3) is 0.0769. The Labute approximate surface area is 81.7 Å². The Kier molecular flexibility index (Phi) is 1.48. The van der Waals surface area contributed by atoms with Crippen LogP contribution in [0.25, 0.3) is 16.6 Å². The molecule has 0 atom stereocenters. The normalized spacial score (nSPS) is 14.2. The van der Waals surface area contributed by atoms with E-state index in [1.165, 1.54) is 5.56 Å². The van der Waals surface area contributed by atoms with Crippen LogP contribution in [0.2, 0.25) is 0 Å². The van der Waals surface area contributed by atoms with Crippen molar-refractivity contribution in [2.45, 2.75) is 6.42 Å². The lowest BCUT2D eigenvalue weighted by molar-refractivity contribution is 0.755. The first-order chi connectivity index (χ1) is 6.86. The number of allylic oxidation sites excluding steroid dienone is 1. The monoisotopic (exact) mass is 184 g/mol. The Bertz CT molecular complexity index is 533. The van der Waals surface area contributed by atoms with Gasteiger partial charge in [-0.3, -0.25) is 0 Å². The summed E-state index contributed by atoms with van der Waals surface area (Å²) >= 11 is 0. The molecule has 0 saturated carbocycles. The summed E-state index contributed by atoms with van der Waals surface area (Å²) in [6.45, 7) is 0. The van der Waals surface area contributed by atoms with E-state index >= 15 is 0 Å². The van der Waals surface area contributed by atoms with Crippen molar-refractivity contribution in [2.24, 2.45) is 0 Å². The molecule has 3 rings (SSSR count). The van der Waals surface area contributed by atoms with Gasteiger partial charge in [0.05, 0.1) is 0 Å². The molecule has 0 N–H and O–H groups in total. The number of hydrogen-bond acceptors (Lipinski definition) is 0. The average molecular weight is 184 g/mol. The standard InChI is InChI=1S/C13H9F/c14-12-8-7-10-4-1-3-9-5-2-6-11(12)13(9)10/h1-6,8H,7H2. The van der Waals surface area contributed by atoms with E-state index in [-0.39, 0.29) is 5.83 Å². The van der Waals surface area contributed by atoms with Gasteiger partial charge >= 0.3 is 0 Å². The molecule has 2 aromatic rings. The summed E-state index contributed by atoms with van der Waals surface area (Å²) < 4.78 is 13.5. The molecule has 0 radical (unpaired) electrons. The number of hydrogen-bond donors (Lipinski definition) is 0. The SMILES string of the molecule is FC1=CCc2cccc3cccc1c23. The van der Waals surface area contributed by atoms with Gasteiger partial charge in [0.15, 0.2) is 0 Å². The maximum atomic E-state index is 13.5. The van der Waals surface area contributed by atoms with Gasteiger partial charge < -0.3 is 0 Å². The van der Waals surface area contributed by atoms with E-state index in [4.69, 9.17) is 0 Å². The minimum Gasteiger partial charge on any atom is -0.207 e. The van der Waals surface area contributed by atoms with Crippen molar-refractivity contribution in [1.82, 2.24) is 0 Å².